The number of halogens is 5. The fourth-order valence-corrected chi connectivity index (χ4v) is 4.44. The zero-order valence-electron chi connectivity index (χ0n) is 23.6. The molecule has 0 saturated heterocycles. The molecule has 6 rings (SSSR count). The third kappa shape index (κ3) is 8.74. The molecule has 17 heteroatoms. The summed E-state index contributed by atoms with van der Waals surface area (Å²) in [7, 11) is 3.91. The van der Waals surface area contributed by atoms with Gasteiger partial charge in [-0.05, 0) is 51.0 Å². The molecule has 0 saturated carbocycles. The number of hydrogen-bond donors (Lipinski definition) is 0. The zero-order chi connectivity index (χ0) is 32.1. The first-order chi connectivity index (χ1) is 21.5. The SMILES string of the molecule is CN1C=CN(c2[c-]c(N3C=CN(C)[CH-]3)cc(C#N)c2)[CH-]1.Fc1c[c-]c(Oc2cccc(Sc3cc(C(F)(F)F)n[n-]3)n2)c(F)n1.[Ir]. The molecular weight excluding hydrogens is 810 g/mol. The summed E-state index contributed by atoms with van der Waals surface area (Å²) in [5.41, 5.74) is 1.19. The number of rotatable bonds is 6. The molecule has 0 atom stereocenters. The summed E-state index contributed by atoms with van der Waals surface area (Å²) in [6.07, 6.45) is 3.18. The Bertz CT molecular complexity index is 1730. The van der Waals surface area contributed by atoms with E-state index < -0.39 is 29.5 Å². The van der Waals surface area contributed by atoms with Crippen LogP contribution in [0, 0.1) is 48.7 Å². The van der Waals surface area contributed by atoms with E-state index in [1.54, 1.807) is 0 Å². The number of nitrogens with zero attached hydrogens (tertiary/aromatic N) is 9. The smallest absolute Gasteiger partial charge is 0.431 e. The molecule has 1 aromatic carbocycles. The van der Waals surface area contributed by atoms with Crippen molar-refractivity contribution in [3.63, 3.8) is 0 Å². The maximum Gasteiger partial charge on any atom is 0.431 e. The van der Waals surface area contributed by atoms with Crippen molar-refractivity contribution in [3.8, 4) is 17.7 Å². The van der Waals surface area contributed by atoms with Crippen LogP contribution in [0.1, 0.15) is 11.3 Å². The molecule has 0 aliphatic carbocycles. The summed E-state index contributed by atoms with van der Waals surface area (Å²) in [4.78, 5) is 14.7. The van der Waals surface area contributed by atoms with Crippen molar-refractivity contribution in [2.24, 2.45) is 0 Å². The number of hydrogen-bond acceptors (Lipinski definition) is 10. The molecule has 0 amide bonds. The Kier molecular flexibility index (Phi) is 10.9. The van der Waals surface area contributed by atoms with E-state index in [1.165, 1.54) is 18.2 Å². The van der Waals surface area contributed by atoms with E-state index in [1.807, 2.05) is 84.0 Å². The molecule has 2 aliphatic heterocycles. The monoisotopic (exact) mass is 829 g/mol. The topological polar surface area (TPSA) is 98.8 Å². The summed E-state index contributed by atoms with van der Waals surface area (Å²) in [6.45, 7) is 3.87. The molecule has 46 heavy (non-hydrogen) atoms. The Balaban J connectivity index is 0.000000209. The molecule has 1 radical (unpaired) electrons. The second-order valence-corrected chi connectivity index (χ2v) is 10.2. The molecule has 5 heterocycles. The number of anilines is 2. The third-order valence-electron chi connectivity index (χ3n) is 5.70. The Morgan fingerprint density at radius 2 is 1.63 bits per heavy atom. The van der Waals surface area contributed by atoms with Crippen LogP contribution in [0.15, 0.2) is 77.3 Å². The van der Waals surface area contributed by atoms with Gasteiger partial charge in [0.25, 0.3) is 0 Å². The predicted octanol–water partition coefficient (Wildman–Crippen LogP) is 5.91. The molecule has 0 N–H and O–H groups in total. The van der Waals surface area contributed by atoms with Crippen molar-refractivity contribution >= 4 is 23.1 Å². The van der Waals surface area contributed by atoms with Crippen LogP contribution in [0.3, 0.4) is 0 Å². The standard InChI is InChI=1S/C15H14N5.C14H5F5N4OS.Ir/c1-17-3-5-19(11-17)14-7-13(10-16)8-15(9-14)20-6-4-18(2)12-20;15-9-5-4-7(13(16)20-9)24-10-2-1-3-11(21-10)25-12-6-8(22-23-12)14(17,18)19;/h3-8,11-12H,1-2H3;1-3,5-6H;/q-3;-2;. The molecule has 0 bridgehead atoms. The quantitative estimate of drug-likeness (QED) is 0.132. The third-order valence-corrected chi connectivity index (χ3v) is 6.54. The van der Waals surface area contributed by atoms with Gasteiger partial charge in [-0.1, -0.05) is 28.4 Å². The maximum absolute atomic E-state index is 13.4. The van der Waals surface area contributed by atoms with Gasteiger partial charge in [-0.15, -0.1) is 41.7 Å². The van der Waals surface area contributed by atoms with Crippen LogP contribution in [-0.2, 0) is 26.3 Å². The Morgan fingerprint density at radius 1 is 0.978 bits per heavy atom. The van der Waals surface area contributed by atoms with Crippen LogP contribution in [0.2, 0.25) is 0 Å². The van der Waals surface area contributed by atoms with Crippen LogP contribution in [0.25, 0.3) is 0 Å². The van der Waals surface area contributed by atoms with Gasteiger partial charge in [0, 0.05) is 26.2 Å². The van der Waals surface area contributed by atoms with E-state index in [9.17, 15) is 27.2 Å². The molecule has 10 nitrogen and oxygen atoms in total. The van der Waals surface area contributed by atoms with Crippen molar-refractivity contribution in [1.29, 1.82) is 5.26 Å². The first-order valence-electron chi connectivity index (χ1n) is 12.7. The number of pyridine rings is 2. The van der Waals surface area contributed by atoms with E-state index in [2.05, 4.69) is 38.4 Å². The van der Waals surface area contributed by atoms with Gasteiger partial charge in [0.15, 0.2) is 0 Å². The summed E-state index contributed by atoms with van der Waals surface area (Å²) < 4.78 is 68.7. The van der Waals surface area contributed by atoms with Gasteiger partial charge in [-0.3, -0.25) is 8.78 Å². The molecule has 2 aliphatic rings. The minimum Gasteiger partial charge on any atom is -0.569 e. The fourth-order valence-electron chi connectivity index (χ4n) is 3.69. The van der Waals surface area contributed by atoms with Crippen molar-refractivity contribution in [1.82, 2.24) is 30.0 Å². The van der Waals surface area contributed by atoms with E-state index in [0.717, 1.165) is 35.3 Å². The van der Waals surface area contributed by atoms with Crippen molar-refractivity contribution in [2.45, 2.75) is 16.2 Å². The minimum atomic E-state index is -4.59. The molecule has 0 spiro atoms. The summed E-state index contributed by atoms with van der Waals surface area (Å²) in [5.74, 6) is -2.82. The summed E-state index contributed by atoms with van der Waals surface area (Å²) >= 11 is 0.812. The summed E-state index contributed by atoms with van der Waals surface area (Å²) in [6, 6.07) is 17.3. The van der Waals surface area contributed by atoms with Crippen LogP contribution in [0.4, 0.5) is 33.3 Å². The normalized spacial score (nSPS) is 13.8. The van der Waals surface area contributed by atoms with Crippen LogP contribution >= 0.6 is 11.8 Å². The second-order valence-electron chi connectivity index (χ2n) is 9.15. The van der Waals surface area contributed by atoms with Gasteiger partial charge >= 0.3 is 6.18 Å². The minimum absolute atomic E-state index is 0. The average Bonchev–Trinajstić information content (AvgIpc) is 3.76. The van der Waals surface area contributed by atoms with Crippen LogP contribution in [-0.4, -0.2) is 39.0 Å². The molecule has 0 unspecified atom stereocenters. The van der Waals surface area contributed by atoms with Gasteiger partial charge < -0.3 is 39.5 Å². The molecule has 4 aromatic rings. The predicted molar refractivity (Wildman–Crippen MR) is 151 cm³/mol. The van der Waals surface area contributed by atoms with Gasteiger partial charge in [0.1, 0.15) is 16.7 Å². The summed E-state index contributed by atoms with van der Waals surface area (Å²) in [5, 5.41) is 15.9. The number of alkyl halides is 3. The van der Waals surface area contributed by atoms with Gasteiger partial charge in [-0.2, -0.15) is 31.8 Å². The molecular formula is C29H19F5IrN9OS-5. The average molecular weight is 829 g/mol. The van der Waals surface area contributed by atoms with Crippen molar-refractivity contribution in [2.75, 3.05) is 23.9 Å². The first kappa shape index (κ1) is 34.2. The van der Waals surface area contributed by atoms with Gasteiger partial charge in [0.05, 0.1) is 17.8 Å². The van der Waals surface area contributed by atoms with E-state index in [0.29, 0.717) is 5.56 Å². The first-order valence-corrected chi connectivity index (χ1v) is 13.5. The molecule has 241 valence electrons. The number of benzene rings is 1. The maximum atomic E-state index is 13.4. The zero-order valence-corrected chi connectivity index (χ0v) is 26.8. The van der Waals surface area contributed by atoms with E-state index in [4.69, 9.17) is 4.74 Å². The van der Waals surface area contributed by atoms with Gasteiger partial charge in [-0.25, -0.2) is 4.98 Å². The Hall–Kier alpha value is -4.65. The number of nitriles is 1. The van der Waals surface area contributed by atoms with Crippen LogP contribution in [0.5, 0.6) is 11.6 Å². The van der Waals surface area contributed by atoms with Gasteiger partial charge in [0.2, 0.25) is 5.88 Å². The van der Waals surface area contributed by atoms with E-state index in [-0.39, 0.29) is 36.0 Å². The van der Waals surface area contributed by atoms with Crippen molar-refractivity contribution in [3.05, 3.63) is 116 Å². The number of ether oxygens (including phenoxy) is 1. The second kappa shape index (κ2) is 14.6. The van der Waals surface area contributed by atoms with Crippen LogP contribution < -0.4 is 19.6 Å². The Morgan fingerprint density at radius 3 is 2.15 bits per heavy atom. The largest absolute Gasteiger partial charge is 0.569 e. The Labute approximate surface area is 278 Å². The fraction of sp³-hybridized carbons (Fsp3) is 0.103. The van der Waals surface area contributed by atoms with Crippen molar-refractivity contribution < 1.29 is 46.8 Å². The number of aromatic nitrogens is 4. The molecule has 3 aromatic heterocycles. The van der Waals surface area contributed by atoms with E-state index >= 15 is 0 Å². The molecule has 0 fully saturated rings.